The van der Waals surface area contributed by atoms with Crippen LogP contribution in [0.4, 0.5) is 33.3 Å². The first-order valence-corrected chi connectivity index (χ1v) is 8.69. The highest BCUT2D eigenvalue weighted by Gasteiger charge is 2.40. The van der Waals surface area contributed by atoms with E-state index in [2.05, 4.69) is 10.4 Å². The van der Waals surface area contributed by atoms with Crippen molar-refractivity contribution in [2.75, 3.05) is 24.3 Å². The monoisotopic (exact) mass is 424 g/mol. The first kappa shape index (κ1) is 21.3. The van der Waals surface area contributed by atoms with E-state index in [0.717, 1.165) is 23.9 Å². The second kappa shape index (κ2) is 7.77. The minimum Gasteiger partial charge on any atom is -0.373 e. The van der Waals surface area contributed by atoms with Gasteiger partial charge in [-0.05, 0) is 31.2 Å². The largest absolute Gasteiger partial charge is 0.434 e. The molecule has 158 valence electrons. The molecule has 10 heteroatoms. The summed E-state index contributed by atoms with van der Waals surface area (Å²) in [7, 11) is 2.85. The predicted octanol–water partition coefficient (Wildman–Crippen LogP) is 4.80. The van der Waals surface area contributed by atoms with Gasteiger partial charge in [-0.1, -0.05) is 17.7 Å². The van der Waals surface area contributed by atoms with Gasteiger partial charge in [-0.15, -0.1) is 0 Å². The van der Waals surface area contributed by atoms with Crippen molar-refractivity contribution in [2.24, 2.45) is 0 Å². The lowest BCUT2D eigenvalue weighted by molar-refractivity contribution is -0.143. The molecule has 1 amide bonds. The van der Waals surface area contributed by atoms with E-state index in [1.54, 1.807) is 19.1 Å². The molecule has 1 aromatic heterocycles. The molecule has 30 heavy (non-hydrogen) atoms. The lowest BCUT2D eigenvalue weighted by Gasteiger charge is -2.16. The molecule has 0 saturated heterocycles. The molecule has 0 spiro atoms. The van der Waals surface area contributed by atoms with E-state index in [4.69, 9.17) is 0 Å². The average Bonchev–Trinajstić information content (AvgIpc) is 3.07. The molecule has 2 aromatic carbocycles. The zero-order chi connectivity index (χ0) is 22.2. The van der Waals surface area contributed by atoms with Gasteiger partial charge in [0.05, 0.1) is 17.4 Å². The lowest BCUT2D eigenvalue weighted by atomic mass is 10.2. The van der Waals surface area contributed by atoms with Crippen LogP contribution in [0.2, 0.25) is 0 Å². The number of aryl methyl sites for hydroxylation is 1. The fourth-order valence-corrected chi connectivity index (χ4v) is 2.93. The number of rotatable bonds is 4. The summed E-state index contributed by atoms with van der Waals surface area (Å²) in [6, 6.07) is 7.74. The Morgan fingerprint density at radius 1 is 1.07 bits per heavy atom. The van der Waals surface area contributed by atoms with E-state index in [1.165, 1.54) is 31.1 Å². The van der Waals surface area contributed by atoms with Gasteiger partial charge >= 0.3 is 6.18 Å². The Bertz CT molecular complexity index is 1060. The third-order valence-corrected chi connectivity index (χ3v) is 4.28. The molecular weight excluding hydrogens is 407 g/mol. The summed E-state index contributed by atoms with van der Waals surface area (Å²) >= 11 is 0. The van der Waals surface area contributed by atoms with E-state index in [9.17, 15) is 26.7 Å². The maximum absolute atomic E-state index is 14.1. The molecule has 3 aromatic rings. The highest BCUT2D eigenvalue weighted by molar-refractivity contribution is 6.05. The SMILES string of the molecule is Cc1ccc(-n2ncc(C(=O)Nc3cc(F)c(N(C)C)c(F)c3)c2C(F)(F)F)cc1. The summed E-state index contributed by atoms with van der Waals surface area (Å²) in [5, 5.41) is 5.80. The van der Waals surface area contributed by atoms with Crippen LogP contribution < -0.4 is 10.2 Å². The maximum Gasteiger partial charge on any atom is 0.434 e. The minimum absolute atomic E-state index is 0.111. The van der Waals surface area contributed by atoms with E-state index in [1.807, 2.05) is 0 Å². The fraction of sp³-hybridized carbons (Fsp3) is 0.200. The molecule has 1 N–H and O–H groups in total. The third kappa shape index (κ3) is 4.12. The second-order valence-corrected chi connectivity index (χ2v) is 6.79. The van der Waals surface area contributed by atoms with Crippen LogP contribution in [-0.4, -0.2) is 29.8 Å². The highest BCUT2D eigenvalue weighted by atomic mass is 19.4. The van der Waals surface area contributed by atoms with Crippen molar-refractivity contribution in [3.8, 4) is 5.69 Å². The number of halogens is 5. The lowest BCUT2D eigenvalue weighted by Crippen LogP contribution is -2.21. The number of hydrogen-bond acceptors (Lipinski definition) is 3. The zero-order valence-corrected chi connectivity index (χ0v) is 16.2. The van der Waals surface area contributed by atoms with Gasteiger partial charge < -0.3 is 10.2 Å². The Hall–Kier alpha value is -3.43. The summed E-state index contributed by atoms with van der Waals surface area (Å²) in [5.41, 5.74) is -1.79. The Balaban J connectivity index is 2.00. The van der Waals surface area contributed by atoms with Crippen molar-refractivity contribution in [3.05, 3.63) is 71.1 Å². The Morgan fingerprint density at radius 2 is 1.63 bits per heavy atom. The highest BCUT2D eigenvalue weighted by Crippen LogP contribution is 2.34. The Morgan fingerprint density at radius 3 is 2.13 bits per heavy atom. The van der Waals surface area contributed by atoms with Crippen LogP contribution in [0.3, 0.4) is 0 Å². The molecule has 0 fully saturated rings. The molecular formula is C20H17F5N4O. The van der Waals surface area contributed by atoms with Gasteiger partial charge in [0.1, 0.15) is 5.69 Å². The number of nitrogens with zero attached hydrogens (tertiary/aromatic N) is 3. The normalized spacial score (nSPS) is 11.5. The maximum atomic E-state index is 14.1. The fourth-order valence-electron chi connectivity index (χ4n) is 2.93. The smallest absolute Gasteiger partial charge is 0.373 e. The number of hydrogen-bond donors (Lipinski definition) is 1. The summed E-state index contributed by atoms with van der Waals surface area (Å²) in [4.78, 5) is 13.7. The number of amides is 1. The molecule has 0 radical (unpaired) electrons. The molecule has 0 aliphatic rings. The van der Waals surface area contributed by atoms with Crippen LogP contribution in [0.1, 0.15) is 21.6 Å². The van der Waals surface area contributed by atoms with Gasteiger partial charge in [0.25, 0.3) is 5.91 Å². The molecule has 0 aliphatic heterocycles. The van der Waals surface area contributed by atoms with E-state index in [0.29, 0.717) is 4.68 Å². The molecule has 1 heterocycles. The number of benzene rings is 2. The number of alkyl halides is 3. The van der Waals surface area contributed by atoms with Gasteiger partial charge in [-0.3, -0.25) is 4.79 Å². The molecule has 0 atom stereocenters. The van der Waals surface area contributed by atoms with Crippen LogP contribution >= 0.6 is 0 Å². The van der Waals surface area contributed by atoms with Crippen molar-refractivity contribution in [3.63, 3.8) is 0 Å². The molecule has 0 bridgehead atoms. The molecule has 0 aliphatic carbocycles. The Labute approximate surface area is 168 Å². The molecule has 5 nitrogen and oxygen atoms in total. The standard InChI is InChI=1S/C20H17F5N4O/c1-11-4-6-13(7-5-11)29-18(20(23,24)25)14(10-26-29)19(30)27-12-8-15(21)17(28(2)3)16(22)9-12/h4-10H,1-3H3,(H,27,30). The van der Waals surface area contributed by atoms with E-state index < -0.39 is 35.0 Å². The predicted molar refractivity (Wildman–Crippen MR) is 102 cm³/mol. The third-order valence-electron chi connectivity index (χ3n) is 4.28. The molecule has 0 saturated carbocycles. The first-order valence-electron chi connectivity index (χ1n) is 8.69. The van der Waals surface area contributed by atoms with Crippen molar-refractivity contribution in [2.45, 2.75) is 13.1 Å². The second-order valence-electron chi connectivity index (χ2n) is 6.79. The van der Waals surface area contributed by atoms with Crippen LogP contribution in [-0.2, 0) is 6.18 Å². The van der Waals surface area contributed by atoms with Crippen molar-refractivity contribution in [1.29, 1.82) is 0 Å². The quantitative estimate of drug-likeness (QED) is 0.613. The Kier molecular flexibility index (Phi) is 5.51. The minimum atomic E-state index is -4.90. The number of carbonyl (C=O) groups is 1. The van der Waals surface area contributed by atoms with E-state index in [-0.39, 0.29) is 17.1 Å². The number of anilines is 2. The van der Waals surface area contributed by atoms with Gasteiger partial charge in [0.2, 0.25) is 0 Å². The summed E-state index contributed by atoms with van der Waals surface area (Å²) in [5.74, 6) is -3.14. The summed E-state index contributed by atoms with van der Waals surface area (Å²) in [6.07, 6.45) is -4.14. The van der Waals surface area contributed by atoms with Crippen molar-refractivity contribution >= 4 is 17.3 Å². The topological polar surface area (TPSA) is 50.2 Å². The van der Waals surface area contributed by atoms with Gasteiger partial charge in [0.15, 0.2) is 17.3 Å². The average molecular weight is 424 g/mol. The number of aromatic nitrogens is 2. The van der Waals surface area contributed by atoms with Gasteiger partial charge in [-0.2, -0.15) is 18.3 Å². The van der Waals surface area contributed by atoms with Gasteiger partial charge in [-0.25, -0.2) is 13.5 Å². The zero-order valence-electron chi connectivity index (χ0n) is 16.2. The van der Waals surface area contributed by atoms with Crippen LogP contribution in [0.25, 0.3) is 5.69 Å². The van der Waals surface area contributed by atoms with Crippen molar-refractivity contribution < 1.29 is 26.7 Å². The van der Waals surface area contributed by atoms with Crippen molar-refractivity contribution in [1.82, 2.24) is 9.78 Å². The summed E-state index contributed by atoms with van der Waals surface area (Å²) < 4.78 is 70.0. The van der Waals surface area contributed by atoms with E-state index >= 15 is 0 Å². The van der Waals surface area contributed by atoms with Crippen LogP contribution in [0.5, 0.6) is 0 Å². The van der Waals surface area contributed by atoms with Crippen LogP contribution in [0, 0.1) is 18.6 Å². The first-order chi connectivity index (χ1) is 14.0. The summed E-state index contributed by atoms with van der Waals surface area (Å²) in [6.45, 7) is 1.77. The number of carbonyl (C=O) groups excluding carboxylic acids is 1. The molecule has 3 rings (SSSR count). The molecule has 0 unspecified atom stereocenters. The van der Waals surface area contributed by atoms with Crippen LogP contribution in [0.15, 0.2) is 42.6 Å². The number of nitrogens with one attached hydrogen (secondary N) is 1. The van der Waals surface area contributed by atoms with Gasteiger partial charge in [0, 0.05) is 19.8 Å².